The van der Waals surface area contributed by atoms with E-state index in [2.05, 4.69) is 5.32 Å². The van der Waals surface area contributed by atoms with Gasteiger partial charge in [-0.1, -0.05) is 50.1 Å². The van der Waals surface area contributed by atoms with E-state index in [1.807, 2.05) is 50.4 Å². The van der Waals surface area contributed by atoms with Crippen LogP contribution in [0.3, 0.4) is 0 Å². The summed E-state index contributed by atoms with van der Waals surface area (Å²) in [6.07, 6.45) is 6.30. The predicted molar refractivity (Wildman–Crippen MR) is 172 cm³/mol. The SMILES string of the molecule is CCOc1ccc(N(CC(=O)N(Cc2ccccc2)[C@H](CC)C(=O)NC2CCCC2)S(=O)(=O)c2ccc(SC)cc2)cc1. The molecule has 3 aromatic carbocycles. The van der Waals surface area contributed by atoms with Gasteiger partial charge in [0, 0.05) is 17.5 Å². The minimum atomic E-state index is -4.14. The molecule has 0 spiro atoms. The van der Waals surface area contributed by atoms with Gasteiger partial charge in [0.2, 0.25) is 11.8 Å². The van der Waals surface area contributed by atoms with Gasteiger partial charge in [0.05, 0.1) is 17.2 Å². The topological polar surface area (TPSA) is 96.0 Å². The van der Waals surface area contributed by atoms with Crippen LogP contribution < -0.4 is 14.4 Å². The molecule has 0 saturated heterocycles. The predicted octanol–water partition coefficient (Wildman–Crippen LogP) is 5.87. The number of nitrogens with zero attached hydrogens (tertiary/aromatic N) is 2. The molecule has 1 saturated carbocycles. The largest absolute Gasteiger partial charge is 0.494 e. The normalized spacial score (nSPS) is 14.2. The molecule has 230 valence electrons. The number of rotatable bonds is 14. The van der Waals surface area contributed by atoms with E-state index in [9.17, 15) is 18.0 Å². The minimum absolute atomic E-state index is 0.0765. The average Bonchev–Trinajstić information content (AvgIpc) is 3.54. The maximum Gasteiger partial charge on any atom is 0.264 e. The Bertz CT molecular complexity index is 1440. The molecule has 1 N–H and O–H groups in total. The van der Waals surface area contributed by atoms with Gasteiger partial charge >= 0.3 is 0 Å². The number of hydrogen-bond donors (Lipinski definition) is 1. The van der Waals surface area contributed by atoms with Crippen LogP contribution in [-0.2, 0) is 26.2 Å². The van der Waals surface area contributed by atoms with E-state index in [-0.39, 0.29) is 23.4 Å². The molecule has 0 aromatic heterocycles. The smallest absolute Gasteiger partial charge is 0.264 e. The molecule has 8 nitrogen and oxygen atoms in total. The van der Waals surface area contributed by atoms with Gasteiger partial charge in [0.1, 0.15) is 18.3 Å². The van der Waals surface area contributed by atoms with Gasteiger partial charge < -0.3 is 15.0 Å². The third kappa shape index (κ3) is 8.32. The molecule has 2 amide bonds. The number of amides is 2. The van der Waals surface area contributed by atoms with Crippen LogP contribution in [0, 0.1) is 0 Å². The van der Waals surface area contributed by atoms with Crippen LogP contribution in [0.25, 0.3) is 0 Å². The number of ether oxygens (including phenoxy) is 1. The summed E-state index contributed by atoms with van der Waals surface area (Å²) in [7, 11) is -4.14. The zero-order valence-electron chi connectivity index (χ0n) is 25.1. The van der Waals surface area contributed by atoms with Gasteiger partial charge in [0.15, 0.2) is 0 Å². The third-order valence-electron chi connectivity index (χ3n) is 7.65. The van der Waals surface area contributed by atoms with Crippen LogP contribution >= 0.6 is 11.8 Å². The first-order valence-electron chi connectivity index (χ1n) is 14.8. The molecule has 1 fully saturated rings. The number of sulfonamides is 1. The highest BCUT2D eigenvalue weighted by molar-refractivity contribution is 7.98. The Labute approximate surface area is 259 Å². The summed E-state index contributed by atoms with van der Waals surface area (Å²) in [5.74, 6) is -0.0724. The summed E-state index contributed by atoms with van der Waals surface area (Å²) >= 11 is 1.51. The highest BCUT2D eigenvalue weighted by Crippen LogP contribution is 2.28. The molecule has 1 atom stereocenters. The van der Waals surface area contributed by atoms with Crippen LogP contribution in [-0.4, -0.2) is 56.6 Å². The lowest BCUT2D eigenvalue weighted by Gasteiger charge is -2.33. The average molecular weight is 624 g/mol. The maximum absolute atomic E-state index is 14.2. The first-order valence-corrected chi connectivity index (χ1v) is 17.5. The van der Waals surface area contributed by atoms with Crippen molar-refractivity contribution in [2.24, 2.45) is 0 Å². The van der Waals surface area contributed by atoms with Crippen LogP contribution in [0.4, 0.5) is 5.69 Å². The monoisotopic (exact) mass is 623 g/mol. The van der Waals surface area contributed by atoms with Crippen molar-refractivity contribution >= 4 is 39.3 Å². The third-order valence-corrected chi connectivity index (χ3v) is 10.2. The van der Waals surface area contributed by atoms with Crippen LogP contribution in [0.2, 0.25) is 0 Å². The van der Waals surface area contributed by atoms with E-state index in [1.54, 1.807) is 48.5 Å². The molecule has 1 aliphatic rings. The second-order valence-corrected chi connectivity index (χ2v) is 13.3. The molecule has 4 rings (SSSR count). The van der Waals surface area contributed by atoms with Crippen molar-refractivity contribution in [2.75, 3.05) is 23.7 Å². The summed E-state index contributed by atoms with van der Waals surface area (Å²) < 4.78 is 34.9. The molecule has 10 heteroatoms. The fraction of sp³-hybridized carbons (Fsp3) is 0.394. The van der Waals surface area contributed by atoms with E-state index in [1.165, 1.54) is 16.7 Å². The summed E-state index contributed by atoms with van der Waals surface area (Å²) in [6.45, 7) is 3.92. The molecule has 0 bridgehead atoms. The fourth-order valence-corrected chi connectivity index (χ4v) is 7.17. The highest BCUT2D eigenvalue weighted by atomic mass is 32.2. The lowest BCUT2D eigenvalue weighted by molar-refractivity contribution is -0.140. The van der Waals surface area contributed by atoms with Gasteiger partial charge in [-0.2, -0.15) is 0 Å². The van der Waals surface area contributed by atoms with E-state index < -0.39 is 28.5 Å². The fourth-order valence-electron chi connectivity index (χ4n) is 5.35. The van der Waals surface area contributed by atoms with E-state index in [4.69, 9.17) is 4.74 Å². The van der Waals surface area contributed by atoms with Crippen molar-refractivity contribution in [3.8, 4) is 5.75 Å². The lowest BCUT2D eigenvalue weighted by atomic mass is 10.1. The lowest BCUT2D eigenvalue weighted by Crippen LogP contribution is -2.53. The Morgan fingerprint density at radius 3 is 2.19 bits per heavy atom. The van der Waals surface area contributed by atoms with Crippen molar-refractivity contribution in [3.05, 3.63) is 84.4 Å². The summed E-state index contributed by atoms with van der Waals surface area (Å²) in [5.41, 5.74) is 1.18. The summed E-state index contributed by atoms with van der Waals surface area (Å²) in [4.78, 5) is 30.3. The van der Waals surface area contributed by atoms with Crippen molar-refractivity contribution < 1.29 is 22.7 Å². The van der Waals surface area contributed by atoms with Gasteiger partial charge in [-0.3, -0.25) is 13.9 Å². The van der Waals surface area contributed by atoms with E-state index in [0.29, 0.717) is 24.5 Å². The first-order chi connectivity index (χ1) is 20.8. The molecule has 0 unspecified atom stereocenters. The van der Waals surface area contributed by atoms with Gasteiger partial charge in [-0.15, -0.1) is 11.8 Å². The van der Waals surface area contributed by atoms with Crippen molar-refractivity contribution in [3.63, 3.8) is 0 Å². The maximum atomic E-state index is 14.2. The Morgan fingerprint density at radius 1 is 0.953 bits per heavy atom. The molecule has 0 heterocycles. The molecule has 0 aliphatic heterocycles. The van der Waals surface area contributed by atoms with Gasteiger partial charge in [-0.25, -0.2) is 8.42 Å². The minimum Gasteiger partial charge on any atom is -0.494 e. The summed E-state index contributed by atoms with van der Waals surface area (Å²) in [6, 6.07) is 22.1. The van der Waals surface area contributed by atoms with Crippen LogP contribution in [0.15, 0.2) is 88.7 Å². The molecule has 43 heavy (non-hydrogen) atoms. The number of benzene rings is 3. The number of hydrogen-bond acceptors (Lipinski definition) is 6. The number of carbonyl (C=O) groups is 2. The Hall–Kier alpha value is -3.50. The molecular formula is C33H41N3O5S2. The Morgan fingerprint density at radius 2 is 1.60 bits per heavy atom. The zero-order chi connectivity index (χ0) is 30.8. The number of anilines is 1. The molecular weight excluding hydrogens is 583 g/mol. The van der Waals surface area contributed by atoms with Gasteiger partial charge in [0.25, 0.3) is 10.0 Å². The van der Waals surface area contributed by atoms with Crippen LogP contribution in [0.5, 0.6) is 5.75 Å². The summed E-state index contributed by atoms with van der Waals surface area (Å²) in [5, 5.41) is 3.14. The van der Waals surface area contributed by atoms with Crippen molar-refractivity contribution in [1.29, 1.82) is 0 Å². The second-order valence-electron chi connectivity index (χ2n) is 10.5. The number of carbonyl (C=O) groups excluding carboxylic acids is 2. The molecule has 1 aliphatic carbocycles. The van der Waals surface area contributed by atoms with E-state index >= 15 is 0 Å². The Balaban J connectivity index is 1.70. The standard InChI is InChI=1S/C33H41N3O5S2/c1-4-31(33(38)34-26-13-9-10-14-26)35(23-25-11-7-6-8-12-25)32(37)24-36(27-15-17-28(18-16-27)41-5-2)43(39,40)30-21-19-29(42-3)20-22-30/h6-8,11-12,15-22,26,31H,4-5,9-10,13-14,23-24H2,1-3H3,(H,34,38)/t31-/m1/s1. The second kappa shape index (κ2) is 15.3. The number of nitrogens with one attached hydrogen (secondary N) is 1. The quantitative estimate of drug-likeness (QED) is 0.226. The Kier molecular flexibility index (Phi) is 11.5. The first kappa shape index (κ1) is 32.4. The van der Waals surface area contributed by atoms with Crippen LogP contribution in [0.1, 0.15) is 51.5 Å². The molecule has 0 radical (unpaired) electrons. The number of thioether (sulfide) groups is 1. The molecule has 3 aromatic rings. The van der Waals surface area contributed by atoms with Gasteiger partial charge in [-0.05, 0) is 86.5 Å². The zero-order valence-corrected chi connectivity index (χ0v) is 26.7. The van der Waals surface area contributed by atoms with Crippen molar-refractivity contribution in [2.45, 2.75) is 74.4 Å². The van der Waals surface area contributed by atoms with E-state index in [0.717, 1.165) is 40.4 Å². The highest BCUT2D eigenvalue weighted by Gasteiger charge is 2.34. The van der Waals surface area contributed by atoms with Crippen molar-refractivity contribution in [1.82, 2.24) is 10.2 Å².